The van der Waals surface area contributed by atoms with Gasteiger partial charge in [-0.15, -0.1) is 0 Å². The predicted molar refractivity (Wildman–Crippen MR) is 245 cm³/mol. The molecule has 0 rings (SSSR count). The first-order chi connectivity index (χ1) is 29.1. The highest BCUT2D eigenvalue weighted by Crippen LogP contribution is 2.43. The standard InChI is InChI=1S/C48H86NO10P/c1-3-5-7-9-11-13-15-17-19-20-21-22-23-24-26-27-29-31-33-35-37-39-46(50)56-41-44(42-57-60(54,55)58-43-45(49)48(52)53)59-47(51)40-38-36-34-32-30-28-25-18-16-14-12-10-8-6-4-2/h6,8,12,14,18,25,30,32,44-45H,3-5,7,9-11,13,15-17,19-24,26-29,31,33-43,49H2,1-2H3,(H,52,53)(H,54,55)/b8-6-,14-12-,25-18-,32-30-. The van der Waals surface area contributed by atoms with Gasteiger partial charge >= 0.3 is 25.7 Å². The van der Waals surface area contributed by atoms with E-state index in [9.17, 15) is 23.8 Å². The average Bonchev–Trinajstić information content (AvgIpc) is 3.22. The second kappa shape index (κ2) is 43.1. The molecule has 0 radical (unpaired) electrons. The molecule has 0 saturated carbocycles. The Morgan fingerprint density at radius 1 is 0.533 bits per heavy atom. The van der Waals surface area contributed by atoms with E-state index < -0.39 is 51.1 Å². The minimum absolute atomic E-state index is 0.109. The van der Waals surface area contributed by atoms with E-state index in [1.165, 1.54) is 109 Å². The summed E-state index contributed by atoms with van der Waals surface area (Å²) in [5, 5.41) is 8.90. The summed E-state index contributed by atoms with van der Waals surface area (Å²) in [5.74, 6) is -2.43. The number of allylic oxidation sites excluding steroid dienone is 8. The van der Waals surface area contributed by atoms with Crippen LogP contribution >= 0.6 is 7.82 Å². The summed E-state index contributed by atoms with van der Waals surface area (Å²) in [7, 11) is -4.73. The van der Waals surface area contributed by atoms with Crippen molar-refractivity contribution in [3.63, 3.8) is 0 Å². The number of rotatable bonds is 44. The third kappa shape index (κ3) is 42.1. The van der Waals surface area contributed by atoms with Gasteiger partial charge in [-0.25, -0.2) is 4.57 Å². The fourth-order valence-electron chi connectivity index (χ4n) is 6.41. The van der Waals surface area contributed by atoms with Gasteiger partial charge in [-0.1, -0.05) is 191 Å². The third-order valence-corrected chi connectivity index (χ3v) is 11.0. The second-order valence-corrected chi connectivity index (χ2v) is 17.3. The number of aliphatic carboxylic acids is 1. The van der Waals surface area contributed by atoms with Crippen molar-refractivity contribution in [3.05, 3.63) is 48.6 Å². The van der Waals surface area contributed by atoms with Crippen LogP contribution in [-0.4, -0.2) is 59.9 Å². The Morgan fingerprint density at radius 2 is 0.933 bits per heavy atom. The van der Waals surface area contributed by atoms with E-state index in [0.29, 0.717) is 12.8 Å². The highest BCUT2D eigenvalue weighted by Gasteiger charge is 2.28. The lowest BCUT2D eigenvalue weighted by atomic mass is 10.0. The van der Waals surface area contributed by atoms with Crippen LogP contribution in [0.15, 0.2) is 48.6 Å². The number of carbonyl (C=O) groups excluding carboxylic acids is 2. The molecule has 0 fully saturated rings. The molecular formula is C48H86NO10P. The molecule has 0 saturated heterocycles. The third-order valence-electron chi connectivity index (χ3n) is 10.1. The Balaban J connectivity index is 4.29. The van der Waals surface area contributed by atoms with Gasteiger partial charge in [0.15, 0.2) is 6.10 Å². The van der Waals surface area contributed by atoms with Crippen LogP contribution in [0.3, 0.4) is 0 Å². The lowest BCUT2D eigenvalue weighted by Gasteiger charge is -2.20. The summed E-state index contributed by atoms with van der Waals surface area (Å²) < 4.78 is 32.7. The molecular weight excluding hydrogens is 781 g/mol. The van der Waals surface area contributed by atoms with Crippen LogP contribution in [0.4, 0.5) is 0 Å². The first kappa shape index (κ1) is 57.4. The van der Waals surface area contributed by atoms with E-state index in [4.69, 9.17) is 24.8 Å². The molecule has 0 heterocycles. The zero-order valence-corrected chi connectivity index (χ0v) is 38.7. The van der Waals surface area contributed by atoms with Gasteiger partial charge in [0.2, 0.25) is 0 Å². The number of nitrogens with two attached hydrogens (primary N) is 1. The summed E-state index contributed by atoms with van der Waals surface area (Å²) in [4.78, 5) is 46.0. The van der Waals surface area contributed by atoms with Crippen molar-refractivity contribution in [2.24, 2.45) is 5.73 Å². The maximum absolute atomic E-state index is 12.6. The maximum atomic E-state index is 12.6. The number of phosphoric acid groups is 1. The smallest absolute Gasteiger partial charge is 0.472 e. The molecule has 0 aliphatic rings. The molecule has 0 amide bonds. The van der Waals surface area contributed by atoms with Crippen LogP contribution in [0.25, 0.3) is 0 Å². The number of phosphoric ester groups is 1. The first-order valence-electron chi connectivity index (χ1n) is 23.7. The number of hydrogen-bond acceptors (Lipinski definition) is 9. The highest BCUT2D eigenvalue weighted by molar-refractivity contribution is 7.47. The number of carboxylic acids is 1. The first-order valence-corrected chi connectivity index (χ1v) is 25.2. The number of hydrogen-bond donors (Lipinski definition) is 3. The number of unbranched alkanes of at least 4 members (excludes halogenated alkanes) is 22. The van der Waals surface area contributed by atoms with Crippen molar-refractivity contribution in [3.8, 4) is 0 Å². The Bertz CT molecular complexity index is 1200. The van der Waals surface area contributed by atoms with Crippen molar-refractivity contribution in [2.45, 2.75) is 219 Å². The quantitative estimate of drug-likeness (QED) is 0.0230. The number of carbonyl (C=O) groups is 3. The Morgan fingerprint density at radius 3 is 1.40 bits per heavy atom. The van der Waals surface area contributed by atoms with Gasteiger partial charge in [0.05, 0.1) is 13.2 Å². The van der Waals surface area contributed by atoms with Crippen LogP contribution in [0.1, 0.15) is 206 Å². The van der Waals surface area contributed by atoms with Crippen molar-refractivity contribution in [1.29, 1.82) is 0 Å². The average molecular weight is 868 g/mol. The number of esters is 2. The van der Waals surface area contributed by atoms with Crippen LogP contribution < -0.4 is 5.73 Å². The summed E-state index contributed by atoms with van der Waals surface area (Å²) >= 11 is 0. The minimum atomic E-state index is -4.73. The molecule has 3 unspecified atom stereocenters. The van der Waals surface area contributed by atoms with E-state index in [-0.39, 0.29) is 19.4 Å². The fourth-order valence-corrected chi connectivity index (χ4v) is 7.19. The number of ether oxygens (including phenoxy) is 2. The second-order valence-electron chi connectivity index (χ2n) is 15.9. The van der Waals surface area contributed by atoms with Crippen LogP contribution in [0.2, 0.25) is 0 Å². The molecule has 0 spiro atoms. The molecule has 0 aliphatic carbocycles. The fraction of sp³-hybridized carbons (Fsp3) is 0.771. The molecule has 12 heteroatoms. The molecule has 4 N–H and O–H groups in total. The molecule has 0 bridgehead atoms. The SMILES string of the molecule is CC/C=C\C/C=C\C/C=C\C/C=C\CCCCC(=O)OC(COC(=O)CCCCCCCCCCCCCCCCCCCCCCC)COP(=O)(O)OCC(N)C(=O)O. The topological polar surface area (TPSA) is 172 Å². The highest BCUT2D eigenvalue weighted by atomic mass is 31.2. The van der Waals surface area contributed by atoms with E-state index in [1.807, 2.05) is 0 Å². The van der Waals surface area contributed by atoms with Gasteiger partial charge in [-0.05, 0) is 51.4 Å². The van der Waals surface area contributed by atoms with Crippen molar-refractivity contribution in [1.82, 2.24) is 0 Å². The van der Waals surface area contributed by atoms with Gasteiger partial charge in [0, 0.05) is 12.8 Å². The lowest BCUT2D eigenvalue weighted by Crippen LogP contribution is -2.34. The van der Waals surface area contributed by atoms with Crippen molar-refractivity contribution < 1.29 is 47.5 Å². The maximum Gasteiger partial charge on any atom is 0.472 e. The predicted octanol–water partition coefficient (Wildman–Crippen LogP) is 13.0. The van der Waals surface area contributed by atoms with Crippen LogP contribution in [0.5, 0.6) is 0 Å². The normalized spacial score (nSPS) is 14.1. The van der Waals surface area contributed by atoms with E-state index in [1.54, 1.807) is 0 Å². The molecule has 0 aromatic carbocycles. The largest absolute Gasteiger partial charge is 0.480 e. The summed E-state index contributed by atoms with van der Waals surface area (Å²) in [5.41, 5.74) is 5.34. The molecule has 0 aliphatic heterocycles. The van der Waals surface area contributed by atoms with Gasteiger partial charge in [0.1, 0.15) is 12.6 Å². The van der Waals surface area contributed by atoms with Crippen molar-refractivity contribution >= 4 is 25.7 Å². The van der Waals surface area contributed by atoms with Gasteiger partial charge < -0.3 is 25.2 Å². The zero-order chi connectivity index (χ0) is 44.2. The summed E-state index contributed by atoms with van der Waals surface area (Å²) in [6, 6.07) is -1.53. The Labute approximate surface area is 365 Å². The van der Waals surface area contributed by atoms with E-state index >= 15 is 0 Å². The molecule has 348 valence electrons. The lowest BCUT2D eigenvalue weighted by molar-refractivity contribution is -0.161. The minimum Gasteiger partial charge on any atom is -0.480 e. The van der Waals surface area contributed by atoms with E-state index in [2.05, 4.69) is 67.0 Å². The number of carboxylic acid groups (broad SMARTS) is 1. The van der Waals surface area contributed by atoms with Crippen molar-refractivity contribution in [2.75, 3.05) is 19.8 Å². The van der Waals surface area contributed by atoms with Gasteiger partial charge in [0.25, 0.3) is 0 Å². The molecule has 11 nitrogen and oxygen atoms in total. The Hall–Kier alpha value is -2.56. The molecule has 0 aromatic heterocycles. The molecule has 60 heavy (non-hydrogen) atoms. The van der Waals surface area contributed by atoms with Gasteiger partial charge in [-0.3, -0.25) is 23.4 Å². The molecule has 0 aromatic rings. The summed E-state index contributed by atoms with van der Waals surface area (Å²) in [6.07, 6.45) is 49.0. The summed E-state index contributed by atoms with van der Waals surface area (Å²) in [6.45, 7) is 2.67. The Kier molecular flexibility index (Phi) is 41.3. The monoisotopic (exact) mass is 868 g/mol. The van der Waals surface area contributed by atoms with Gasteiger partial charge in [-0.2, -0.15) is 0 Å². The molecule has 3 atom stereocenters. The van der Waals surface area contributed by atoms with E-state index in [0.717, 1.165) is 57.8 Å². The van der Waals surface area contributed by atoms with Crippen LogP contribution in [-0.2, 0) is 37.5 Å². The zero-order valence-electron chi connectivity index (χ0n) is 37.8. The van der Waals surface area contributed by atoms with Crippen LogP contribution in [0, 0.1) is 0 Å².